The van der Waals surface area contributed by atoms with Gasteiger partial charge in [0.05, 0.1) is 4.21 Å². The molecule has 0 atom stereocenters. The topological polar surface area (TPSA) is 68.3 Å². The molecular weight excluding hydrogens is 335 g/mol. The van der Waals surface area contributed by atoms with Crippen molar-refractivity contribution in [2.75, 3.05) is 5.75 Å². The van der Waals surface area contributed by atoms with Crippen molar-refractivity contribution in [1.82, 2.24) is 4.98 Å². The highest BCUT2D eigenvalue weighted by molar-refractivity contribution is 8.01. The van der Waals surface area contributed by atoms with Crippen LogP contribution >= 0.6 is 34.7 Å². The van der Waals surface area contributed by atoms with Crippen molar-refractivity contribution in [3.8, 4) is 0 Å². The Hall–Kier alpha value is -1.06. The summed E-state index contributed by atoms with van der Waals surface area (Å²) >= 11 is 7.78. The van der Waals surface area contributed by atoms with Gasteiger partial charge in [-0.2, -0.15) is 13.2 Å². The van der Waals surface area contributed by atoms with E-state index in [9.17, 15) is 18.0 Å². The number of halogens is 4. The average Bonchev–Trinajstić information content (AvgIpc) is 2.71. The minimum Gasteiger partial charge on any atom is -0.395 e. The number of thioether (sulfide) groups is 1. The summed E-state index contributed by atoms with van der Waals surface area (Å²) in [6, 6.07) is 0. The molecular formula is C10H9ClF3N3OS2. The van der Waals surface area contributed by atoms with E-state index >= 15 is 0 Å². The summed E-state index contributed by atoms with van der Waals surface area (Å²) in [4.78, 5) is 18.7. The van der Waals surface area contributed by atoms with Crippen LogP contribution in [0.1, 0.15) is 17.4 Å². The van der Waals surface area contributed by atoms with Crippen LogP contribution < -0.4 is 5.73 Å². The second kappa shape index (κ2) is 7.09. The van der Waals surface area contributed by atoms with Crippen LogP contribution in [0.4, 0.5) is 18.3 Å². The van der Waals surface area contributed by atoms with Crippen LogP contribution in [0.3, 0.4) is 0 Å². The molecule has 2 N–H and O–H groups in total. The summed E-state index contributed by atoms with van der Waals surface area (Å²) < 4.78 is 36.9. The van der Waals surface area contributed by atoms with E-state index in [-0.39, 0.29) is 10.8 Å². The molecule has 0 aliphatic carbocycles. The molecule has 0 spiro atoms. The molecule has 1 aromatic rings. The van der Waals surface area contributed by atoms with Crippen molar-refractivity contribution in [1.29, 1.82) is 0 Å². The molecule has 1 aromatic heterocycles. The lowest BCUT2D eigenvalue weighted by atomic mass is 10.4. The summed E-state index contributed by atoms with van der Waals surface area (Å²) in [7, 11) is 0. The van der Waals surface area contributed by atoms with Gasteiger partial charge in [-0.15, -0.1) is 11.8 Å². The summed E-state index contributed by atoms with van der Waals surface area (Å²) in [5.41, 5.74) is 3.58. The summed E-state index contributed by atoms with van der Waals surface area (Å²) in [6.07, 6.45) is -3.10. The van der Waals surface area contributed by atoms with Crippen LogP contribution in [0, 0.1) is 0 Å². The van der Waals surface area contributed by atoms with Gasteiger partial charge in [-0.1, -0.05) is 18.3 Å². The quantitative estimate of drug-likeness (QED) is 0.502. The van der Waals surface area contributed by atoms with Crippen molar-refractivity contribution in [3.05, 3.63) is 17.5 Å². The monoisotopic (exact) mass is 343 g/mol. The molecule has 1 heterocycles. The minimum atomic E-state index is -4.60. The van der Waals surface area contributed by atoms with Gasteiger partial charge in [0.25, 0.3) is 5.24 Å². The summed E-state index contributed by atoms with van der Waals surface area (Å²) in [5.74, 6) is 0.698. The molecule has 0 fully saturated rings. The van der Waals surface area contributed by atoms with Crippen LogP contribution in [0.15, 0.2) is 21.0 Å². The third kappa shape index (κ3) is 4.80. The molecule has 0 unspecified atom stereocenters. The first-order valence-corrected chi connectivity index (χ1v) is 7.34. The number of aromatic nitrogens is 1. The maximum absolute atomic E-state index is 12.1. The molecule has 0 radical (unpaired) electrons. The zero-order valence-electron chi connectivity index (χ0n) is 10.1. The molecule has 0 saturated carbocycles. The Morgan fingerprint density at radius 2 is 2.25 bits per heavy atom. The first-order valence-electron chi connectivity index (χ1n) is 5.16. The van der Waals surface area contributed by atoms with Gasteiger partial charge >= 0.3 is 6.18 Å². The lowest BCUT2D eigenvalue weighted by Gasteiger charge is -2.03. The van der Waals surface area contributed by atoms with Gasteiger partial charge in [0.1, 0.15) is 11.4 Å². The number of hydrogen-bond donors (Lipinski definition) is 1. The van der Waals surface area contributed by atoms with Crippen LogP contribution in [0.25, 0.3) is 0 Å². The second-order valence-electron chi connectivity index (χ2n) is 3.24. The number of nitrogens with zero attached hydrogens (tertiary/aromatic N) is 2. The van der Waals surface area contributed by atoms with Gasteiger partial charge in [0, 0.05) is 6.21 Å². The lowest BCUT2D eigenvalue weighted by Crippen LogP contribution is -2.19. The first-order chi connectivity index (χ1) is 9.25. The number of aliphatic imine (C=N–C) groups is 1. The normalized spacial score (nSPS) is 13.2. The summed E-state index contributed by atoms with van der Waals surface area (Å²) in [6.45, 7) is 1.88. The smallest absolute Gasteiger partial charge is 0.395 e. The Bertz CT molecular complexity index is 554. The van der Waals surface area contributed by atoms with Crippen molar-refractivity contribution >= 4 is 51.3 Å². The van der Waals surface area contributed by atoms with Crippen LogP contribution in [0.2, 0.25) is 0 Å². The molecule has 0 amide bonds. The van der Waals surface area contributed by atoms with E-state index in [1.54, 1.807) is 0 Å². The zero-order chi connectivity index (χ0) is 15.3. The maximum atomic E-state index is 12.1. The van der Waals surface area contributed by atoms with E-state index in [1.165, 1.54) is 11.8 Å². The third-order valence-electron chi connectivity index (χ3n) is 1.81. The number of thiazole rings is 1. The molecule has 10 heteroatoms. The van der Waals surface area contributed by atoms with Crippen LogP contribution in [0.5, 0.6) is 0 Å². The van der Waals surface area contributed by atoms with Crippen LogP contribution in [-0.2, 0) is 0 Å². The maximum Gasteiger partial charge on any atom is 0.430 e. The molecule has 0 aromatic carbocycles. The molecule has 1 rings (SSSR count). The number of allylic oxidation sites excluding steroid dienone is 2. The number of alkyl halides is 3. The fraction of sp³-hybridized carbons (Fsp3) is 0.300. The van der Waals surface area contributed by atoms with E-state index in [4.69, 9.17) is 17.3 Å². The molecule has 0 aliphatic heterocycles. The SMILES string of the molecule is CCSc1sc(N=CC=C(N)C(F)(F)F)nc1C(=O)Cl. The Morgan fingerprint density at radius 3 is 2.75 bits per heavy atom. The fourth-order valence-electron chi connectivity index (χ4n) is 0.980. The molecule has 0 saturated heterocycles. The summed E-state index contributed by atoms with van der Waals surface area (Å²) in [5, 5.41) is -0.597. The van der Waals surface area contributed by atoms with E-state index in [1.807, 2.05) is 6.92 Å². The van der Waals surface area contributed by atoms with Crippen molar-refractivity contribution < 1.29 is 18.0 Å². The van der Waals surface area contributed by atoms with Gasteiger partial charge < -0.3 is 5.73 Å². The van der Waals surface area contributed by atoms with E-state index < -0.39 is 17.1 Å². The Labute approximate surface area is 125 Å². The van der Waals surface area contributed by atoms with Gasteiger partial charge in [0.2, 0.25) is 5.13 Å². The highest BCUT2D eigenvalue weighted by atomic mass is 35.5. The predicted molar refractivity (Wildman–Crippen MR) is 75.2 cm³/mol. The number of rotatable bonds is 5. The second-order valence-corrected chi connectivity index (χ2v) is 6.09. The largest absolute Gasteiger partial charge is 0.430 e. The lowest BCUT2D eigenvalue weighted by molar-refractivity contribution is -0.0925. The highest BCUT2D eigenvalue weighted by Crippen LogP contribution is 2.34. The average molecular weight is 344 g/mol. The number of carbonyl (C=O) groups is 1. The number of hydrogen-bond acceptors (Lipinski definition) is 6. The van der Waals surface area contributed by atoms with Gasteiger partial charge in [-0.25, -0.2) is 9.98 Å². The first kappa shape index (κ1) is 17.0. The van der Waals surface area contributed by atoms with Crippen LogP contribution in [-0.4, -0.2) is 28.4 Å². The minimum absolute atomic E-state index is 0.0587. The third-order valence-corrected chi connectivity index (χ3v) is 4.10. The number of carbonyl (C=O) groups excluding carboxylic acids is 1. The molecule has 0 bridgehead atoms. The van der Waals surface area contributed by atoms with Crippen molar-refractivity contribution in [2.45, 2.75) is 17.3 Å². The number of nitrogens with two attached hydrogens (primary N) is 1. The van der Waals surface area contributed by atoms with E-state index in [0.717, 1.165) is 17.6 Å². The standard InChI is InChI=1S/C10H9ClF3N3OS2/c1-2-19-8-6(7(11)18)17-9(20-8)16-4-3-5(15)10(12,13)14/h3-4H,2,15H2,1H3. The zero-order valence-corrected chi connectivity index (χ0v) is 12.5. The van der Waals surface area contributed by atoms with Gasteiger partial charge in [-0.05, 0) is 23.4 Å². The molecule has 110 valence electrons. The van der Waals surface area contributed by atoms with Crippen molar-refractivity contribution in [2.24, 2.45) is 10.7 Å². The highest BCUT2D eigenvalue weighted by Gasteiger charge is 2.30. The van der Waals surface area contributed by atoms with E-state index in [0.29, 0.717) is 16.0 Å². The predicted octanol–water partition coefficient (Wildman–Crippen LogP) is 3.74. The Morgan fingerprint density at radius 1 is 1.60 bits per heavy atom. The Kier molecular flexibility index (Phi) is 6.03. The van der Waals surface area contributed by atoms with Crippen molar-refractivity contribution in [3.63, 3.8) is 0 Å². The molecule has 4 nitrogen and oxygen atoms in total. The van der Waals surface area contributed by atoms with E-state index in [2.05, 4.69) is 9.98 Å². The molecule has 0 aliphatic rings. The fourth-order valence-corrected chi connectivity index (χ4v) is 3.23. The van der Waals surface area contributed by atoms with Gasteiger partial charge in [-0.3, -0.25) is 4.79 Å². The van der Waals surface area contributed by atoms with Gasteiger partial charge in [0.15, 0.2) is 0 Å². The molecule has 20 heavy (non-hydrogen) atoms. The Balaban J connectivity index is 2.94.